The molecule has 0 spiro atoms. The molecule has 3 heteroatoms. The molecule has 0 fully saturated rings. The molecule has 0 aliphatic carbocycles. The van der Waals surface area contributed by atoms with Gasteiger partial charge in [-0.15, -0.1) is 0 Å². The number of hydrogen-bond donors (Lipinski definition) is 2. The SMILES string of the molecule is CCCCCCC(CC(=O)NCCC[NH+](C)C)c1ccccc1. The van der Waals surface area contributed by atoms with Crippen molar-refractivity contribution in [1.82, 2.24) is 5.32 Å². The summed E-state index contributed by atoms with van der Waals surface area (Å²) in [6.45, 7) is 4.12. The fraction of sp³-hybridized carbons (Fsp3) is 0.650. The van der Waals surface area contributed by atoms with E-state index in [4.69, 9.17) is 0 Å². The van der Waals surface area contributed by atoms with Crippen molar-refractivity contribution in [2.24, 2.45) is 0 Å². The van der Waals surface area contributed by atoms with E-state index in [2.05, 4.69) is 50.6 Å². The zero-order valence-corrected chi connectivity index (χ0v) is 15.2. The Morgan fingerprint density at radius 3 is 2.48 bits per heavy atom. The molecule has 0 aliphatic heterocycles. The molecular weight excluding hydrogens is 284 g/mol. The lowest BCUT2D eigenvalue weighted by Gasteiger charge is -2.17. The van der Waals surface area contributed by atoms with E-state index in [1.54, 1.807) is 0 Å². The Hall–Kier alpha value is -1.35. The molecule has 0 aliphatic rings. The Labute approximate surface area is 142 Å². The molecule has 1 atom stereocenters. The maximum atomic E-state index is 12.2. The summed E-state index contributed by atoms with van der Waals surface area (Å²) in [5.74, 6) is 0.552. The molecule has 130 valence electrons. The monoisotopic (exact) mass is 319 g/mol. The molecule has 23 heavy (non-hydrogen) atoms. The number of benzene rings is 1. The molecular formula is C20H35N2O+. The number of carbonyl (C=O) groups excluding carboxylic acids is 1. The lowest BCUT2D eigenvalue weighted by Crippen LogP contribution is -3.05. The number of unbranched alkanes of at least 4 members (excludes halogenated alkanes) is 3. The van der Waals surface area contributed by atoms with Gasteiger partial charge in [-0.3, -0.25) is 4.79 Å². The molecule has 1 aromatic rings. The second kappa shape index (κ2) is 12.1. The van der Waals surface area contributed by atoms with Crippen molar-refractivity contribution < 1.29 is 9.69 Å². The van der Waals surface area contributed by atoms with Crippen LogP contribution in [0, 0.1) is 0 Å². The molecule has 3 nitrogen and oxygen atoms in total. The van der Waals surface area contributed by atoms with E-state index in [1.165, 1.54) is 36.1 Å². The number of amides is 1. The van der Waals surface area contributed by atoms with Crippen LogP contribution in [0.3, 0.4) is 0 Å². The maximum Gasteiger partial charge on any atom is 0.220 e. The standard InChI is InChI=1S/C20H34N2O/c1-4-5-6-8-14-19(18-12-9-7-10-13-18)17-20(23)21-15-11-16-22(2)3/h7,9-10,12-13,19H,4-6,8,11,14-17H2,1-3H3,(H,21,23)/p+1. The lowest BCUT2D eigenvalue weighted by molar-refractivity contribution is -0.858. The van der Waals surface area contributed by atoms with Gasteiger partial charge in [-0.25, -0.2) is 0 Å². The van der Waals surface area contributed by atoms with Crippen LogP contribution < -0.4 is 10.2 Å². The first-order valence-electron chi connectivity index (χ1n) is 9.24. The van der Waals surface area contributed by atoms with Crippen molar-refractivity contribution in [2.45, 2.75) is 57.8 Å². The summed E-state index contributed by atoms with van der Waals surface area (Å²) in [5.41, 5.74) is 1.30. The third kappa shape index (κ3) is 9.39. The van der Waals surface area contributed by atoms with Crippen molar-refractivity contribution in [1.29, 1.82) is 0 Å². The van der Waals surface area contributed by atoms with Crippen LogP contribution in [-0.2, 0) is 4.79 Å². The highest BCUT2D eigenvalue weighted by molar-refractivity contribution is 5.76. The summed E-state index contributed by atoms with van der Waals surface area (Å²) >= 11 is 0. The summed E-state index contributed by atoms with van der Waals surface area (Å²) < 4.78 is 0. The Kier molecular flexibility index (Phi) is 10.4. The van der Waals surface area contributed by atoms with Gasteiger partial charge in [-0.05, 0) is 17.9 Å². The zero-order chi connectivity index (χ0) is 16.9. The van der Waals surface area contributed by atoms with E-state index in [1.807, 2.05) is 6.07 Å². The largest absolute Gasteiger partial charge is 0.356 e. The van der Waals surface area contributed by atoms with Crippen LogP contribution >= 0.6 is 0 Å². The van der Waals surface area contributed by atoms with Crippen molar-refractivity contribution >= 4 is 5.91 Å². The zero-order valence-electron chi connectivity index (χ0n) is 15.2. The van der Waals surface area contributed by atoms with E-state index in [9.17, 15) is 4.79 Å². The highest BCUT2D eigenvalue weighted by atomic mass is 16.1. The van der Waals surface area contributed by atoms with Crippen LogP contribution in [-0.4, -0.2) is 33.1 Å². The third-order valence-electron chi connectivity index (χ3n) is 4.28. The van der Waals surface area contributed by atoms with Crippen molar-refractivity contribution in [2.75, 3.05) is 27.2 Å². The minimum atomic E-state index is 0.197. The van der Waals surface area contributed by atoms with Crippen molar-refractivity contribution in [3.63, 3.8) is 0 Å². The summed E-state index contributed by atoms with van der Waals surface area (Å²) in [4.78, 5) is 13.7. The average molecular weight is 320 g/mol. The number of quaternary nitrogens is 1. The number of hydrogen-bond acceptors (Lipinski definition) is 1. The minimum absolute atomic E-state index is 0.197. The molecule has 1 rings (SSSR count). The Bertz CT molecular complexity index is 417. The van der Waals surface area contributed by atoms with Gasteiger partial charge < -0.3 is 10.2 Å². The lowest BCUT2D eigenvalue weighted by atomic mass is 9.90. The van der Waals surface area contributed by atoms with Gasteiger partial charge in [0, 0.05) is 19.4 Å². The van der Waals surface area contributed by atoms with Crippen LogP contribution in [0.25, 0.3) is 0 Å². The smallest absolute Gasteiger partial charge is 0.220 e. The highest BCUT2D eigenvalue weighted by Gasteiger charge is 2.15. The summed E-state index contributed by atoms with van der Waals surface area (Å²) in [6.07, 6.45) is 7.80. The van der Waals surface area contributed by atoms with Gasteiger partial charge in [0.1, 0.15) is 0 Å². The fourth-order valence-electron chi connectivity index (χ4n) is 2.90. The van der Waals surface area contributed by atoms with Gasteiger partial charge in [-0.2, -0.15) is 0 Å². The van der Waals surface area contributed by atoms with Crippen molar-refractivity contribution in [3.8, 4) is 0 Å². The molecule has 0 heterocycles. The topological polar surface area (TPSA) is 33.5 Å². The molecule has 0 saturated carbocycles. The Balaban J connectivity index is 2.43. The van der Waals surface area contributed by atoms with Gasteiger partial charge >= 0.3 is 0 Å². The Morgan fingerprint density at radius 1 is 1.09 bits per heavy atom. The summed E-state index contributed by atoms with van der Waals surface area (Å²) in [5, 5.41) is 3.09. The van der Waals surface area contributed by atoms with Crippen LogP contribution in [0.2, 0.25) is 0 Å². The molecule has 1 aromatic carbocycles. The molecule has 0 aromatic heterocycles. The molecule has 0 bridgehead atoms. The van der Waals surface area contributed by atoms with E-state index >= 15 is 0 Å². The van der Waals surface area contributed by atoms with Gasteiger partial charge in [-0.1, -0.05) is 62.9 Å². The van der Waals surface area contributed by atoms with Crippen LogP contribution in [0.1, 0.15) is 63.4 Å². The number of rotatable bonds is 12. The van der Waals surface area contributed by atoms with Crippen molar-refractivity contribution in [3.05, 3.63) is 35.9 Å². The molecule has 2 N–H and O–H groups in total. The summed E-state index contributed by atoms with van der Waals surface area (Å²) in [7, 11) is 4.28. The van der Waals surface area contributed by atoms with Gasteiger partial charge in [0.05, 0.1) is 20.6 Å². The van der Waals surface area contributed by atoms with E-state index in [-0.39, 0.29) is 5.91 Å². The summed E-state index contributed by atoms with van der Waals surface area (Å²) in [6, 6.07) is 10.5. The van der Waals surface area contributed by atoms with Crippen LogP contribution in [0.4, 0.5) is 0 Å². The normalized spacial score (nSPS) is 12.3. The number of nitrogens with one attached hydrogen (secondary N) is 2. The predicted molar refractivity (Wildman–Crippen MR) is 97.9 cm³/mol. The van der Waals surface area contributed by atoms with Crippen LogP contribution in [0.5, 0.6) is 0 Å². The van der Waals surface area contributed by atoms with Gasteiger partial charge in [0.25, 0.3) is 0 Å². The quantitative estimate of drug-likeness (QED) is 0.571. The third-order valence-corrected chi connectivity index (χ3v) is 4.28. The first-order valence-corrected chi connectivity index (χ1v) is 9.24. The maximum absolute atomic E-state index is 12.2. The predicted octanol–water partition coefficient (Wildman–Crippen LogP) is 2.78. The molecule has 0 saturated heterocycles. The van der Waals surface area contributed by atoms with Crippen LogP contribution in [0.15, 0.2) is 30.3 Å². The fourth-order valence-corrected chi connectivity index (χ4v) is 2.90. The molecule has 1 unspecified atom stereocenters. The van der Waals surface area contributed by atoms with E-state index in [0.29, 0.717) is 12.3 Å². The first-order chi connectivity index (χ1) is 11.1. The second-order valence-electron chi connectivity index (χ2n) is 6.82. The van der Waals surface area contributed by atoms with Gasteiger partial charge in [0.15, 0.2) is 0 Å². The van der Waals surface area contributed by atoms with E-state index < -0.39 is 0 Å². The molecule has 1 amide bonds. The minimum Gasteiger partial charge on any atom is -0.356 e. The highest BCUT2D eigenvalue weighted by Crippen LogP contribution is 2.26. The number of carbonyl (C=O) groups is 1. The first kappa shape index (κ1) is 19.7. The van der Waals surface area contributed by atoms with Gasteiger partial charge in [0.2, 0.25) is 5.91 Å². The molecule has 0 radical (unpaired) electrons. The second-order valence-corrected chi connectivity index (χ2v) is 6.82. The Morgan fingerprint density at radius 2 is 1.83 bits per heavy atom. The average Bonchev–Trinajstić information content (AvgIpc) is 2.55. The van der Waals surface area contributed by atoms with E-state index in [0.717, 1.165) is 25.9 Å².